The van der Waals surface area contributed by atoms with Gasteiger partial charge in [0.2, 0.25) is 10.0 Å². The highest BCUT2D eigenvalue weighted by Crippen LogP contribution is 2.39. The lowest BCUT2D eigenvalue weighted by Crippen LogP contribution is -2.48. The Balaban J connectivity index is 1.42. The maximum Gasteiger partial charge on any atom is 0.247 e. The van der Waals surface area contributed by atoms with Gasteiger partial charge < -0.3 is 4.74 Å². The van der Waals surface area contributed by atoms with E-state index in [-0.39, 0.29) is 12.1 Å². The molecule has 5 rings (SSSR count). The molecule has 0 bridgehead atoms. The monoisotopic (exact) mass is 446 g/mol. The number of para-hydroxylation sites is 1. The molecule has 160 valence electrons. The van der Waals surface area contributed by atoms with E-state index >= 15 is 0 Å². The summed E-state index contributed by atoms with van der Waals surface area (Å²) < 4.78 is 35.3. The van der Waals surface area contributed by atoms with E-state index in [4.69, 9.17) is 16.3 Å². The van der Waals surface area contributed by atoms with Gasteiger partial charge in [0.1, 0.15) is 16.7 Å². The first-order valence-corrected chi connectivity index (χ1v) is 12.6. The molecular formula is C23H27ClN2O3S. The zero-order valence-electron chi connectivity index (χ0n) is 16.9. The molecule has 0 unspecified atom stereocenters. The molecule has 0 N–H and O–H groups in total. The molecule has 7 heteroatoms. The van der Waals surface area contributed by atoms with Crippen molar-refractivity contribution >= 4 is 21.6 Å². The molecule has 0 amide bonds. The Bertz CT molecular complexity index is 1010. The summed E-state index contributed by atoms with van der Waals surface area (Å²) in [4.78, 5) is 2.71. The number of nitrogens with zero attached hydrogens (tertiary/aromatic N) is 2. The molecule has 2 fully saturated rings. The molecule has 0 aromatic heterocycles. The highest BCUT2D eigenvalue weighted by atomic mass is 35.5. The third-order valence-electron chi connectivity index (χ3n) is 6.44. The molecule has 0 radical (unpaired) electrons. The van der Waals surface area contributed by atoms with Crippen molar-refractivity contribution in [3.8, 4) is 5.75 Å². The number of benzene rings is 2. The molecule has 2 aromatic rings. The first-order chi connectivity index (χ1) is 14.5. The van der Waals surface area contributed by atoms with Crippen LogP contribution >= 0.6 is 11.6 Å². The van der Waals surface area contributed by atoms with Gasteiger partial charge in [0.15, 0.2) is 0 Å². The minimum Gasteiger partial charge on any atom is -0.487 e. The second kappa shape index (κ2) is 8.15. The number of hydrogen-bond acceptors (Lipinski definition) is 4. The van der Waals surface area contributed by atoms with Gasteiger partial charge in [-0.3, -0.25) is 4.90 Å². The molecule has 2 aromatic carbocycles. The molecule has 3 aliphatic rings. The van der Waals surface area contributed by atoms with Gasteiger partial charge in [0.05, 0.1) is 6.04 Å². The lowest BCUT2D eigenvalue weighted by atomic mass is 10.1. The fourth-order valence-electron chi connectivity index (χ4n) is 4.60. The molecule has 1 saturated heterocycles. The average Bonchev–Trinajstić information content (AvgIpc) is 3.57. The third kappa shape index (κ3) is 4.11. The third-order valence-corrected chi connectivity index (χ3v) is 8.62. The Morgan fingerprint density at radius 2 is 1.70 bits per heavy atom. The van der Waals surface area contributed by atoms with Crippen molar-refractivity contribution in [1.82, 2.24) is 9.21 Å². The Morgan fingerprint density at radius 3 is 2.47 bits per heavy atom. The lowest BCUT2D eigenvalue weighted by molar-refractivity contribution is 0.111. The number of hydrogen-bond donors (Lipinski definition) is 0. The number of ether oxygens (including phenoxy) is 1. The number of fused-ring (bicyclic) bond motifs is 2. The van der Waals surface area contributed by atoms with E-state index in [0.717, 1.165) is 50.3 Å². The van der Waals surface area contributed by atoms with Crippen LogP contribution in [0.3, 0.4) is 0 Å². The highest BCUT2D eigenvalue weighted by Gasteiger charge is 2.45. The maximum absolute atomic E-state index is 13.6. The SMILES string of the molecule is O=S1(=O)c2ccccc2O[C@H]2CCN(Cc3ccc(Cl)cc3)CC[C@@H]2N1CC1CC1. The van der Waals surface area contributed by atoms with Crippen LogP contribution in [-0.2, 0) is 16.6 Å². The first-order valence-electron chi connectivity index (χ1n) is 10.7. The summed E-state index contributed by atoms with van der Waals surface area (Å²) in [7, 11) is -3.57. The number of rotatable bonds is 4. The van der Waals surface area contributed by atoms with Crippen LogP contribution in [0.2, 0.25) is 5.02 Å². The molecule has 1 saturated carbocycles. The predicted molar refractivity (Wildman–Crippen MR) is 117 cm³/mol. The van der Waals surface area contributed by atoms with Crippen molar-refractivity contribution in [2.24, 2.45) is 5.92 Å². The minimum absolute atomic E-state index is 0.127. The fraction of sp³-hybridized carbons (Fsp3) is 0.478. The number of halogens is 1. The first kappa shape index (κ1) is 20.3. The van der Waals surface area contributed by atoms with E-state index in [1.54, 1.807) is 22.5 Å². The molecule has 2 aliphatic heterocycles. The smallest absolute Gasteiger partial charge is 0.247 e. The summed E-state index contributed by atoms with van der Waals surface area (Å²) in [6, 6.07) is 14.9. The molecule has 2 heterocycles. The number of sulfonamides is 1. The van der Waals surface area contributed by atoms with Gasteiger partial charge in [-0.2, -0.15) is 4.31 Å². The quantitative estimate of drug-likeness (QED) is 0.707. The second-order valence-corrected chi connectivity index (χ2v) is 11.0. The summed E-state index contributed by atoms with van der Waals surface area (Å²) in [5.41, 5.74) is 1.22. The van der Waals surface area contributed by atoms with Gasteiger partial charge in [0.25, 0.3) is 0 Å². The molecular weight excluding hydrogens is 420 g/mol. The van der Waals surface area contributed by atoms with Crippen LogP contribution in [0.1, 0.15) is 31.2 Å². The summed E-state index contributed by atoms with van der Waals surface area (Å²) in [5.74, 6) is 0.982. The van der Waals surface area contributed by atoms with Crippen LogP contribution in [0, 0.1) is 5.92 Å². The van der Waals surface area contributed by atoms with Gasteiger partial charge in [0, 0.05) is 31.2 Å². The average molecular weight is 447 g/mol. The van der Waals surface area contributed by atoms with Crippen molar-refractivity contribution in [2.45, 2.75) is 49.3 Å². The van der Waals surface area contributed by atoms with E-state index in [0.29, 0.717) is 23.1 Å². The standard InChI is InChI=1S/C23H27ClN2O3S/c24-19-9-7-17(8-10-19)15-25-13-11-20-21(12-14-25)29-22-3-1-2-4-23(22)30(27,28)26(20)16-18-5-6-18/h1-4,7-10,18,20-21H,5-6,11-16H2/t20-,21-/m0/s1. The minimum atomic E-state index is -3.57. The van der Waals surface area contributed by atoms with Gasteiger partial charge in [-0.1, -0.05) is 35.9 Å². The van der Waals surface area contributed by atoms with E-state index < -0.39 is 10.0 Å². The molecule has 0 spiro atoms. The van der Waals surface area contributed by atoms with Crippen LogP contribution in [0.5, 0.6) is 5.75 Å². The fourth-order valence-corrected chi connectivity index (χ4v) is 6.61. The zero-order chi connectivity index (χ0) is 20.7. The van der Waals surface area contributed by atoms with E-state index in [1.165, 1.54) is 5.56 Å². The topological polar surface area (TPSA) is 49.9 Å². The van der Waals surface area contributed by atoms with Crippen LogP contribution in [0.4, 0.5) is 0 Å². The number of likely N-dealkylation sites (tertiary alicyclic amines) is 1. The Morgan fingerprint density at radius 1 is 0.967 bits per heavy atom. The molecule has 30 heavy (non-hydrogen) atoms. The normalized spacial score (nSPS) is 26.7. The van der Waals surface area contributed by atoms with Gasteiger partial charge in [-0.15, -0.1) is 0 Å². The van der Waals surface area contributed by atoms with Crippen molar-refractivity contribution < 1.29 is 13.2 Å². The van der Waals surface area contributed by atoms with Gasteiger partial charge in [-0.05, 0) is 61.4 Å². The summed E-state index contributed by atoms with van der Waals surface area (Å²) in [6.07, 6.45) is 3.70. The summed E-state index contributed by atoms with van der Waals surface area (Å²) in [6.45, 7) is 3.17. The molecule has 5 nitrogen and oxygen atoms in total. The van der Waals surface area contributed by atoms with Crippen LogP contribution < -0.4 is 4.74 Å². The predicted octanol–water partition coefficient (Wildman–Crippen LogP) is 4.17. The highest BCUT2D eigenvalue weighted by molar-refractivity contribution is 7.89. The van der Waals surface area contributed by atoms with E-state index in [2.05, 4.69) is 17.0 Å². The van der Waals surface area contributed by atoms with Crippen molar-refractivity contribution in [3.05, 3.63) is 59.1 Å². The van der Waals surface area contributed by atoms with E-state index in [9.17, 15) is 8.42 Å². The molecule has 1 aliphatic carbocycles. The Kier molecular flexibility index (Phi) is 5.52. The molecule has 2 atom stereocenters. The second-order valence-electron chi connectivity index (χ2n) is 8.67. The maximum atomic E-state index is 13.6. The summed E-state index contributed by atoms with van der Waals surface area (Å²) >= 11 is 6.02. The Hall–Kier alpha value is -1.60. The lowest BCUT2D eigenvalue weighted by Gasteiger charge is -2.31. The van der Waals surface area contributed by atoms with Crippen LogP contribution in [-0.4, -0.2) is 49.4 Å². The summed E-state index contributed by atoms with van der Waals surface area (Å²) in [5, 5.41) is 0.741. The van der Waals surface area contributed by atoms with Gasteiger partial charge in [-0.25, -0.2) is 8.42 Å². The van der Waals surface area contributed by atoms with Crippen molar-refractivity contribution in [1.29, 1.82) is 0 Å². The largest absolute Gasteiger partial charge is 0.487 e. The van der Waals surface area contributed by atoms with Crippen LogP contribution in [0.25, 0.3) is 0 Å². The van der Waals surface area contributed by atoms with Gasteiger partial charge >= 0.3 is 0 Å². The van der Waals surface area contributed by atoms with Crippen LogP contribution in [0.15, 0.2) is 53.4 Å². The van der Waals surface area contributed by atoms with Crippen molar-refractivity contribution in [2.75, 3.05) is 19.6 Å². The Labute approximate surface area is 183 Å². The van der Waals surface area contributed by atoms with E-state index in [1.807, 2.05) is 18.2 Å². The van der Waals surface area contributed by atoms with Crippen molar-refractivity contribution in [3.63, 3.8) is 0 Å². The zero-order valence-corrected chi connectivity index (χ0v) is 18.5.